The van der Waals surface area contributed by atoms with Gasteiger partial charge in [-0.2, -0.15) is 0 Å². The maximum absolute atomic E-state index is 12.7. The number of pyridine rings is 1. The van der Waals surface area contributed by atoms with Gasteiger partial charge in [0.1, 0.15) is 23.8 Å². The van der Waals surface area contributed by atoms with Crippen molar-refractivity contribution in [2.24, 2.45) is 0 Å². The summed E-state index contributed by atoms with van der Waals surface area (Å²) in [6.45, 7) is 3.65. The lowest BCUT2D eigenvalue weighted by atomic mass is 10.2. The first kappa shape index (κ1) is 20.2. The monoisotopic (exact) mass is 430 g/mol. The summed E-state index contributed by atoms with van der Waals surface area (Å²) < 4.78 is 10.0. The van der Waals surface area contributed by atoms with Gasteiger partial charge in [0.05, 0.1) is 12.2 Å². The van der Waals surface area contributed by atoms with E-state index in [9.17, 15) is 4.79 Å². The van der Waals surface area contributed by atoms with E-state index in [0.717, 1.165) is 48.8 Å². The molecule has 32 heavy (non-hydrogen) atoms. The van der Waals surface area contributed by atoms with Crippen LogP contribution in [0.2, 0.25) is 0 Å². The van der Waals surface area contributed by atoms with E-state index >= 15 is 0 Å². The van der Waals surface area contributed by atoms with Crippen molar-refractivity contribution < 1.29 is 9.53 Å². The number of benzene rings is 1. The highest BCUT2D eigenvalue weighted by Gasteiger charge is 2.16. The number of carbonyl (C=O) groups is 1. The fourth-order valence-corrected chi connectivity index (χ4v) is 4.05. The Hall–Kier alpha value is -3.68. The quantitative estimate of drug-likeness (QED) is 0.506. The minimum atomic E-state index is -0.162. The largest absolute Gasteiger partial charge is 0.487 e. The molecule has 5 rings (SSSR count). The third-order valence-corrected chi connectivity index (χ3v) is 5.72. The first-order valence-electron chi connectivity index (χ1n) is 11.0. The van der Waals surface area contributed by atoms with Gasteiger partial charge in [0.15, 0.2) is 5.82 Å². The zero-order chi connectivity index (χ0) is 21.9. The van der Waals surface area contributed by atoms with Crippen LogP contribution in [0.25, 0.3) is 5.65 Å². The van der Waals surface area contributed by atoms with Crippen molar-refractivity contribution in [3.63, 3.8) is 0 Å². The summed E-state index contributed by atoms with van der Waals surface area (Å²) in [6.07, 6.45) is 8.41. The van der Waals surface area contributed by atoms with Crippen LogP contribution in [-0.2, 0) is 26.1 Å². The third-order valence-electron chi connectivity index (χ3n) is 5.72. The normalized spacial score (nSPS) is 13.5. The summed E-state index contributed by atoms with van der Waals surface area (Å²) in [6, 6.07) is 11.2. The zero-order valence-electron chi connectivity index (χ0n) is 18.1. The second-order valence-corrected chi connectivity index (χ2v) is 8.20. The Bertz CT molecular complexity index is 1260. The van der Waals surface area contributed by atoms with Crippen LogP contribution in [0.5, 0.6) is 5.75 Å². The highest BCUT2D eigenvalue weighted by molar-refractivity contribution is 5.94. The molecule has 8 nitrogen and oxygen atoms in total. The molecule has 0 radical (unpaired) electrons. The van der Waals surface area contributed by atoms with Crippen molar-refractivity contribution in [3.05, 3.63) is 77.3 Å². The van der Waals surface area contributed by atoms with Crippen molar-refractivity contribution in [2.75, 3.05) is 0 Å². The molecule has 0 spiro atoms. The van der Waals surface area contributed by atoms with Crippen LogP contribution in [0.15, 0.2) is 48.8 Å². The second-order valence-electron chi connectivity index (χ2n) is 8.20. The summed E-state index contributed by atoms with van der Waals surface area (Å²) in [5.74, 6) is 2.29. The van der Waals surface area contributed by atoms with Crippen LogP contribution < -0.4 is 10.1 Å². The Morgan fingerprint density at radius 2 is 2.06 bits per heavy atom. The zero-order valence-corrected chi connectivity index (χ0v) is 18.1. The standard InChI is InChI=1S/C24H26N6O2/c1-17-9-10-21-26-19(15-29(21)14-17)16-32-20-7-5-6-18(12-20)24(31)25-13-23-28-27-22-8-3-2-4-11-30(22)23/h5-7,9-10,12,14-15H,2-4,8,11,13,16H2,1H3,(H,25,31). The van der Waals surface area contributed by atoms with Gasteiger partial charge in [0, 0.05) is 30.9 Å². The van der Waals surface area contributed by atoms with Crippen LogP contribution in [0.1, 0.15) is 52.5 Å². The van der Waals surface area contributed by atoms with Crippen molar-refractivity contribution in [1.29, 1.82) is 0 Å². The number of fused-ring (bicyclic) bond motifs is 2. The molecule has 0 saturated heterocycles. The van der Waals surface area contributed by atoms with E-state index in [1.54, 1.807) is 12.1 Å². The molecule has 3 aromatic heterocycles. The minimum Gasteiger partial charge on any atom is -0.487 e. The molecule has 164 valence electrons. The van der Waals surface area contributed by atoms with Crippen LogP contribution in [-0.4, -0.2) is 30.1 Å². The minimum absolute atomic E-state index is 0.162. The predicted octanol–water partition coefficient (Wildman–Crippen LogP) is 3.47. The van der Waals surface area contributed by atoms with Gasteiger partial charge in [-0.05, 0) is 49.6 Å². The van der Waals surface area contributed by atoms with E-state index in [1.165, 1.54) is 12.0 Å². The van der Waals surface area contributed by atoms with Crippen LogP contribution >= 0.6 is 0 Å². The molecule has 4 heterocycles. The molecule has 0 unspecified atom stereocenters. The molecule has 8 heteroatoms. The first-order valence-corrected chi connectivity index (χ1v) is 11.0. The van der Waals surface area contributed by atoms with Crippen LogP contribution in [0.4, 0.5) is 0 Å². The molecule has 0 aliphatic carbocycles. The lowest BCUT2D eigenvalue weighted by molar-refractivity contribution is 0.0949. The van der Waals surface area contributed by atoms with Gasteiger partial charge in [-0.1, -0.05) is 18.6 Å². The van der Waals surface area contributed by atoms with Gasteiger partial charge < -0.3 is 19.0 Å². The number of hydrogen-bond donors (Lipinski definition) is 1. The summed E-state index contributed by atoms with van der Waals surface area (Å²) in [5, 5.41) is 11.5. The molecule has 1 aliphatic rings. The maximum atomic E-state index is 12.7. The third kappa shape index (κ3) is 4.34. The fraction of sp³-hybridized carbons (Fsp3) is 0.333. The number of aryl methyl sites for hydroxylation is 2. The van der Waals surface area contributed by atoms with Gasteiger partial charge in [-0.3, -0.25) is 4.79 Å². The maximum Gasteiger partial charge on any atom is 0.251 e. The van der Waals surface area contributed by atoms with Gasteiger partial charge >= 0.3 is 0 Å². The van der Waals surface area contributed by atoms with E-state index < -0.39 is 0 Å². The molecule has 0 atom stereocenters. The Labute approximate surface area is 186 Å². The smallest absolute Gasteiger partial charge is 0.251 e. The van der Waals surface area contributed by atoms with E-state index in [0.29, 0.717) is 24.5 Å². The van der Waals surface area contributed by atoms with E-state index in [-0.39, 0.29) is 5.91 Å². The number of imidazole rings is 1. The highest BCUT2D eigenvalue weighted by Crippen LogP contribution is 2.17. The van der Waals surface area contributed by atoms with E-state index in [4.69, 9.17) is 4.74 Å². The topological polar surface area (TPSA) is 86.3 Å². The van der Waals surface area contributed by atoms with Crippen LogP contribution in [0.3, 0.4) is 0 Å². The SMILES string of the molecule is Cc1ccc2nc(COc3cccc(C(=O)NCc4nnc5n4CCCCC5)c3)cn2c1. The number of hydrogen-bond acceptors (Lipinski definition) is 5. The van der Waals surface area contributed by atoms with Gasteiger partial charge in [0.25, 0.3) is 5.91 Å². The highest BCUT2D eigenvalue weighted by atomic mass is 16.5. The molecule has 0 bridgehead atoms. The number of amides is 1. The molecule has 1 N–H and O–H groups in total. The summed E-state index contributed by atoms with van der Waals surface area (Å²) >= 11 is 0. The number of ether oxygens (including phenoxy) is 1. The number of nitrogens with zero attached hydrogens (tertiary/aromatic N) is 5. The van der Waals surface area contributed by atoms with Gasteiger partial charge in [-0.25, -0.2) is 4.98 Å². The van der Waals surface area contributed by atoms with E-state index in [1.807, 2.05) is 48.0 Å². The summed E-state index contributed by atoms with van der Waals surface area (Å²) in [4.78, 5) is 17.3. The molecule has 1 aromatic carbocycles. The summed E-state index contributed by atoms with van der Waals surface area (Å²) in [5.41, 5.74) is 3.43. The molecule has 0 saturated carbocycles. The van der Waals surface area contributed by atoms with Crippen molar-refractivity contribution in [1.82, 2.24) is 29.5 Å². The first-order chi connectivity index (χ1) is 15.7. The Balaban J connectivity index is 1.21. The van der Waals surface area contributed by atoms with Crippen molar-refractivity contribution in [3.8, 4) is 5.75 Å². The van der Waals surface area contributed by atoms with Gasteiger partial charge in [-0.15, -0.1) is 10.2 Å². The van der Waals surface area contributed by atoms with Gasteiger partial charge in [0.2, 0.25) is 0 Å². The number of nitrogens with one attached hydrogen (secondary N) is 1. The second kappa shape index (κ2) is 8.82. The Kier molecular flexibility index (Phi) is 5.58. The lowest BCUT2D eigenvalue weighted by Gasteiger charge is -2.09. The average molecular weight is 431 g/mol. The number of carbonyl (C=O) groups excluding carboxylic acids is 1. The Morgan fingerprint density at radius 3 is 3.00 bits per heavy atom. The average Bonchev–Trinajstić information content (AvgIpc) is 3.31. The van der Waals surface area contributed by atoms with Crippen LogP contribution in [0, 0.1) is 6.92 Å². The summed E-state index contributed by atoms with van der Waals surface area (Å²) in [7, 11) is 0. The Morgan fingerprint density at radius 1 is 1.12 bits per heavy atom. The van der Waals surface area contributed by atoms with Crippen molar-refractivity contribution >= 4 is 11.6 Å². The molecule has 1 amide bonds. The van der Waals surface area contributed by atoms with Crippen molar-refractivity contribution in [2.45, 2.75) is 52.3 Å². The fourth-order valence-electron chi connectivity index (χ4n) is 4.05. The molecule has 0 fully saturated rings. The number of rotatable bonds is 6. The number of aromatic nitrogens is 5. The molecule has 4 aromatic rings. The molecular formula is C24H26N6O2. The molecular weight excluding hydrogens is 404 g/mol. The van der Waals surface area contributed by atoms with E-state index in [2.05, 4.69) is 25.1 Å². The lowest BCUT2D eigenvalue weighted by Crippen LogP contribution is -2.25. The molecule has 1 aliphatic heterocycles. The predicted molar refractivity (Wildman–Crippen MR) is 119 cm³/mol.